The minimum atomic E-state index is 0.147. The van der Waals surface area contributed by atoms with Crippen LogP contribution in [0, 0.1) is 12.8 Å². The van der Waals surface area contributed by atoms with Crippen molar-refractivity contribution in [1.29, 1.82) is 0 Å². The molecule has 6 heteroatoms. The molecule has 35 heavy (non-hydrogen) atoms. The van der Waals surface area contributed by atoms with Crippen molar-refractivity contribution in [2.75, 3.05) is 26.8 Å². The van der Waals surface area contributed by atoms with Gasteiger partial charge in [0.25, 0.3) is 5.91 Å². The lowest BCUT2D eigenvalue weighted by molar-refractivity contribution is 0.0681. The molecule has 1 saturated heterocycles. The lowest BCUT2D eigenvalue weighted by Gasteiger charge is -2.32. The van der Waals surface area contributed by atoms with Gasteiger partial charge < -0.3 is 9.64 Å². The SMILES string of the molecule is COCCCC(=O)c1ccc2nn(CC3CCN(C(=O)c4ccc(C5CC5)cc4)CC3)cc2c1C. The minimum Gasteiger partial charge on any atom is -0.385 e. The smallest absolute Gasteiger partial charge is 0.253 e. The number of ketones is 1. The van der Waals surface area contributed by atoms with Crippen molar-refractivity contribution in [2.24, 2.45) is 5.92 Å². The van der Waals surface area contributed by atoms with Crippen LogP contribution in [0.5, 0.6) is 0 Å². The predicted molar refractivity (Wildman–Crippen MR) is 137 cm³/mol. The van der Waals surface area contributed by atoms with E-state index in [1.165, 1.54) is 18.4 Å². The number of Topliss-reactive ketones (excluding diaryl/α,β-unsaturated/α-hetero) is 1. The number of aryl methyl sites for hydroxylation is 1. The number of ether oxygens (including phenoxy) is 1. The van der Waals surface area contributed by atoms with Crippen molar-refractivity contribution in [3.05, 3.63) is 64.8 Å². The molecule has 1 aliphatic carbocycles. The second-order valence-electron chi connectivity index (χ2n) is 10.2. The van der Waals surface area contributed by atoms with Gasteiger partial charge >= 0.3 is 0 Å². The average molecular weight is 474 g/mol. The zero-order valence-corrected chi connectivity index (χ0v) is 20.8. The molecule has 0 bridgehead atoms. The molecular formula is C29H35N3O3. The Morgan fingerprint density at radius 3 is 2.46 bits per heavy atom. The standard InChI is InChI=1S/C29H35N3O3/c1-20-25(28(33)4-3-17-35-2)11-12-27-26(20)19-32(30-27)18-21-13-15-31(16-14-21)29(34)24-9-7-23(8-10-24)22-5-6-22/h7-12,19,21-22H,3-6,13-18H2,1-2H3. The van der Waals surface area contributed by atoms with Crippen molar-refractivity contribution >= 4 is 22.6 Å². The number of rotatable bonds is 9. The third kappa shape index (κ3) is 5.32. The molecule has 0 N–H and O–H groups in total. The second-order valence-corrected chi connectivity index (χ2v) is 10.2. The zero-order chi connectivity index (χ0) is 24.4. The molecule has 2 aromatic carbocycles. The molecule has 1 amide bonds. The highest BCUT2D eigenvalue weighted by atomic mass is 16.5. The first kappa shape index (κ1) is 23.7. The minimum absolute atomic E-state index is 0.147. The van der Waals surface area contributed by atoms with Crippen LogP contribution in [-0.4, -0.2) is 53.2 Å². The van der Waals surface area contributed by atoms with Crippen LogP contribution < -0.4 is 0 Å². The van der Waals surface area contributed by atoms with Gasteiger partial charge in [0, 0.05) is 62.5 Å². The Balaban J connectivity index is 1.18. The first-order valence-corrected chi connectivity index (χ1v) is 12.9. The van der Waals surface area contributed by atoms with Crippen molar-refractivity contribution in [1.82, 2.24) is 14.7 Å². The van der Waals surface area contributed by atoms with Crippen LogP contribution >= 0.6 is 0 Å². The number of hydrogen-bond donors (Lipinski definition) is 0. The number of carbonyl (C=O) groups is 2. The van der Waals surface area contributed by atoms with Crippen LogP contribution in [0.1, 0.15) is 76.3 Å². The number of nitrogens with zero attached hydrogens (tertiary/aromatic N) is 3. The van der Waals surface area contributed by atoms with Gasteiger partial charge in [-0.2, -0.15) is 5.10 Å². The summed E-state index contributed by atoms with van der Waals surface area (Å²) in [4.78, 5) is 27.6. The fourth-order valence-electron chi connectivity index (χ4n) is 5.27. The van der Waals surface area contributed by atoms with Gasteiger partial charge in [-0.1, -0.05) is 12.1 Å². The average Bonchev–Trinajstić information content (AvgIpc) is 3.64. The summed E-state index contributed by atoms with van der Waals surface area (Å²) in [5.41, 5.74) is 4.88. The van der Waals surface area contributed by atoms with Gasteiger partial charge in [-0.15, -0.1) is 0 Å². The summed E-state index contributed by atoms with van der Waals surface area (Å²) in [7, 11) is 1.66. The topological polar surface area (TPSA) is 64.4 Å². The Hall–Kier alpha value is -2.99. The van der Waals surface area contributed by atoms with Crippen LogP contribution in [-0.2, 0) is 11.3 Å². The summed E-state index contributed by atoms with van der Waals surface area (Å²) in [6, 6.07) is 12.1. The highest BCUT2D eigenvalue weighted by Crippen LogP contribution is 2.40. The number of fused-ring (bicyclic) bond motifs is 1. The monoisotopic (exact) mass is 473 g/mol. The van der Waals surface area contributed by atoms with Gasteiger partial charge in [0.15, 0.2) is 5.78 Å². The van der Waals surface area contributed by atoms with E-state index in [9.17, 15) is 9.59 Å². The van der Waals surface area contributed by atoms with E-state index in [2.05, 4.69) is 18.3 Å². The predicted octanol–water partition coefficient (Wildman–Crippen LogP) is 5.38. The Bertz CT molecular complexity index is 1200. The Labute approximate surface area is 207 Å². The first-order chi connectivity index (χ1) is 17.0. The molecule has 0 spiro atoms. The van der Waals surface area contributed by atoms with E-state index in [-0.39, 0.29) is 11.7 Å². The van der Waals surface area contributed by atoms with Gasteiger partial charge in [0.05, 0.1) is 5.52 Å². The summed E-state index contributed by atoms with van der Waals surface area (Å²) in [6.45, 7) is 5.02. The van der Waals surface area contributed by atoms with Crippen LogP contribution in [0.25, 0.3) is 10.9 Å². The van der Waals surface area contributed by atoms with Crippen molar-refractivity contribution in [3.63, 3.8) is 0 Å². The quantitative estimate of drug-likeness (QED) is 0.309. The summed E-state index contributed by atoms with van der Waals surface area (Å²) < 4.78 is 7.10. The van der Waals surface area contributed by atoms with Crippen molar-refractivity contribution < 1.29 is 14.3 Å². The Morgan fingerprint density at radius 1 is 1.03 bits per heavy atom. The molecule has 1 aromatic heterocycles. The highest BCUT2D eigenvalue weighted by molar-refractivity contribution is 6.01. The summed E-state index contributed by atoms with van der Waals surface area (Å²) in [5.74, 6) is 1.51. The molecule has 3 aromatic rings. The molecule has 2 heterocycles. The molecular weight excluding hydrogens is 438 g/mol. The molecule has 1 aliphatic heterocycles. The molecule has 184 valence electrons. The van der Waals surface area contributed by atoms with Crippen molar-refractivity contribution in [3.8, 4) is 0 Å². The van der Waals surface area contributed by atoms with E-state index in [0.29, 0.717) is 24.9 Å². The van der Waals surface area contributed by atoms with E-state index in [0.717, 1.165) is 66.5 Å². The maximum Gasteiger partial charge on any atom is 0.253 e. The fraction of sp³-hybridized carbons (Fsp3) is 0.483. The summed E-state index contributed by atoms with van der Waals surface area (Å²) >= 11 is 0. The second kappa shape index (κ2) is 10.3. The van der Waals surface area contributed by atoms with E-state index in [1.54, 1.807) is 7.11 Å². The maximum absolute atomic E-state index is 13.0. The van der Waals surface area contributed by atoms with E-state index in [1.807, 2.05) is 40.8 Å². The van der Waals surface area contributed by atoms with Crippen LogP contribution in [0.2, 0.25) is 0 Å². The summed E-state index contributed by atoms with van der Waals surface area (Å²) in [5, 5.41) is 5.82. The maximum atomic E-state index is 13.0. The number of piperidine rings is 1. The number of carbonyl (C=O) groups excluding carboxylic acids is 2. The Kier molecular flexibility index (Phi) is 7.00. The first-order valence-electron chi connectivity index (χ1n) is 12.9. The highest BCUT2D eigenvalue weighted by Gasteiger charge is 2.26. The molecule has 0 radical (unpaired) electrons. The lowest BCUT2D eigenvalue weighted by atomic mass is 9.96. The third-order valence-corrected chi connectivity index (χ3v) is 7.61. The number of methoxy groups -OCH3 is 1. The van der Waals surface area contributed by atoms with Crippen LogP contribution in [0.4, 0.5) is 0 Å². The van der Waals surface area contributed by atoms with Gasteiger partial charge in [0.2, 0.25) is 0 Å². The third-order valence-electron chi connectivity index (χ3n) is 7.61. The lowest BCUT2D eigenvalue weighted by Crippen LogP contribution is -2.39. The number of aromatic nitrogens is 2. The van der Waals surface area contributed by atoms with Crippen LogP contribution in [0.3, 0.4) is 0 Å². The fourth-order valence-corrected chi connectivity index (χ4v) is 5.27. The summed E-state index contributed by atoms with van der Waals surface area (Å²) in [6.07, 6.45) is 7.82. The molecule has 6 nitrogen and oxygen atoms in total. The molecule has 1 saturated carbocycles. The molecule has 5 rings (SSSR count). The van der Waals surface area contributed by atoms with E-state index < -0.39 is 0 Å². The number of amides is 1. The van der Waals surface area contributed by atoms with E-state index >= 15 is 0 Å². The molecule has 2 fully saturated rings. The largest absolute Gasteiger partial charge is 0.385 e. The van der Waals surface area contributed by atoms with Crippen LogP contribution in [0.15, 0.2) is 42.6 Å². The zero-order valence-electron chi connectivity index (χ0n) is 20.8. The van der Waals surface area contributed by atoms with Gasteiger partial charge in [-0.3, -0.25) is 14.3 Å². The normalized spacial score (nSPS) is 16.7. The van der Waals surface area contributed by atoms with Gasteiger partial charge in [-0.05, 0) is 86.3 Å². The van der Waals surface area contributed by atoms with Crippen molar-refractivity contribution in [2.45, 2.75) is 57.9 Å². The molecule has 0 unspecified atom stereocenters. The number of benzene rings is 2. The molecule has 0 atom stereocenters. The number of likely N-dealkylation sites (tertiary alicyclic amines) is 1. The molecule has 2 aliphatic rings. The number of hydrogen-bond acceptors (Lipinski definition) is 4. The van der Waals surface area contributed by atoms with Gasteiger partial charge in [-0.25, -0.2) is 0 Å². The Morgan fingerprint density at radius 2 is 1.77 bits per heavy atom. The van der Waals surface area contributed by atoms with Gasteiger partial charge in [0.1, 0.15) is 0 Å². The van der Waals surface area contributed by atoms with E-state index in [4.69, 9.17) is 9.84 Å².